The molecule has 0 bridgehead atoms. The summed E-state index contributed by atoms with van der Waals surface area (Å²) in [6.07, 6.45) is 17.1. The molecule has 0 unspecified atom stereocenters. The summed E-state index contributed by atoms with van der Waals surface area (Å²) >= 11 is 0. The van der Waals surface area contributed by atoms with Gasteiger partial charge in [0.15, 0.2) is 0 Å². The molecule has 0 heterocycles. The predicted octanol–water partition coefficient (Wildman–Crippen LogP) is 6.75. The molecule has 3 rings (SSSR count). The minimum Gasteiger partial charge on any atom is -0.393 e. The molecule has 3 aliphatic rings. The highest BCUT2D eigenvalue weighted by Gasteiger charge is 2.45. The number of aliphatic hydroxyl groups excluding tert-OH is 2. The Morgan fingerprint density at radius 2 is 2.03 bits per heavy atom. The quantitative estimate of drug-likeness (QED) is 0.359. The second kappa shape index (κ2) is 10.3. The molecule has 2 N–H and O–H groups in total. The number of allylic oxidation sites excluding steroid dienone is 7. The van der Waals surface area contributed by atoms with E-state index in [1.165, 1.54) is 18.4 Å². The van der Waals surface area contributed by atoms with E-state index in [1.807, 2.05) is 7.05 Å². The largest absolute Gasteiger partial charge is 0.393 e. The third-order valence-electron chi connectivity index (χ3n) is 8.18. The summed E-state index contributed by atoms with van der Waals surface area (Å²) in [6, 6.07) is 0. The molecule has 2 saturated carbocycles. The highest BCUT2D eigenvalue weighted by Crippen LogP contribution is 2.57. The van der Waals surface area contributed by atoms with E-state index < -0.39 is 12.2 Å². The van der Waals surface area contributed by atoms with Crippen LogP contribution in [-0.2, 0) is 0 Å². The van der Waals surface area contributed by atoms with Gasteiger partial charge in [0.25, 0.3) is 0 Å². The van der Waals surface area contributed by atoms with Crippen LogP contribution >= 0.6 is 0 Å². The Morgan fingerprint density at radius 3 is 2.70 bits per heavy atom. The van der Waals surface area contributed by atoms with Crippen molar-refractivity contribution in [2.24, 2.45) is 27.7 Å². The second-order valence-corrected chi connectivity index (χ2v) is 11.7. The van der Waals surface area contributed by atoms with Crippen LogP contribution in [0.2, 0.25) is 0 Å². The van der Waals surface area contributed by atoms with Gasteiger partial charge in [0.05, 0.1) is 12.2 Å². The van der Waals surface area contributed by atoms with Gasteiger partial charge in [0.2, 0.25) is 0 Å². The van der Waals surface area contributed by atoms with Crippen molar-refractivity contribution in [1.29, 1.82) is 0 Å². The molecule has 5 atom stereocenters. The fraction of sp³-hybridized carbons (Fsp3) is 0.633. The van der Waals surface area contributed by atoms with Crippen molar-refractivity contribution in [3.05, 3.63) is 59.3 Å². The minimum absolute atomic E-state index is 0.0749. The summed E-state index contributed by atoms with van der Waals surface area (Å²) in [5.74, 6) is 1.08. The number of hydrogen-bond donors (Lipinski definition) is 2. The van der Waals surface area contributed by atoms with Gasteiger partial charge in [-0.2, -0.15) is 0 Å². The number of nitrogens with zero attached hydrogens (tertiary/aromatic N) is 1. The maximum absolute atomic E-state index is 10.2. The van der Waals surface area contributed by atoms with E-state index in [1.54, 1.807) is 5.57 Å². The summed E-state index contributed by atoms with van der Waals surface area (Å²) in [6.45, 7) is 15.5. The first-order valence-electron chi connectivity index (χ1n) is 12.8. The Hall–Kier alpha value is -1.71. The Kier molecular flexibility index (Phi) is 8.07. The molecule has 0 aromatic heterocycles. The number of rotatable bonds is 5. The number of aliphatic hydroxyl groups is 2. The molecular formula is C30H45NO2. The topological polar surface area (TPSA) is 52.8 Å². The first-order chi connectivity index (χ1) is 15.5. The van der Waals surface area contributed by atoms with Crippen molar-refractivity contribution in [2.45, 2.75) is 91.8 Å². The van der Waals surface area contributed by atoms with Crippen molar-refractivity contribution in [3.8, 4) is 0 Å². The Morgan fingerprint density at radius 1 is 1.30 bits per heavy atom. The lowest BCUT2D eigenvalue weighted by Crippen LogP contribution is -2.32. The van der Waals surface area contributed by atoms with Gasteiger partial charge in [-0.05, 0) is 73.0 Å². The molecule has 0 radical (unpaired) electrons. The Balaban J connectivity index is 1.73. The van der Waals surface area contributed by atoms with Crippen LogP contribution in [0.15, 0.2) is 64.2 Å². The Bertz CT molecular complexity index is 895. The number of aliphatic imine (C=N–C) groups is 1. The molecular weight excluding hydrogens is 406 g/mol. The smallest absolute Gasteiger partial charge is 0.0811 e. The normalized spacial score (nSPS) is 34.8. The zero-order valence-electron chi connectivity index (χ0n) is 21.7. The zero-order valence-corrected chi connectivity index (χ0v) is 21.7. The van der Waals surface area contributed by atoms with Crippen LogP contribution in [0.25, 0.3) is 0 Å². The van der Waals surface area contributed by atoms with Crippen molar-refractivity contribution in [3.63, 3.8) is 0 Å². The molecule has 0 spiro atoms. The second-order valence-electron chi connectivity index (χ2n) is 11.7. The van der Waals surface area contributed by atoms with E-state index in [0.29, 0.717) is 24.7 Å². The highest BCUT2D eigenvalue weighted by atomic mass is 16.3. The number of fused-ring (bicyclic) bond motifs is 1. The van der Waals surface area contributed by atoms with E-state index in [4.69, 9.17) is 0 Å². The SMILES string of the molecule is C=C1/C(=C\C=C2/CCC[C@]3(C)C([C@@H](C)C/C=C/C(=NC)C(C)(C)C)=CC[C@@H]23)C[C@@H](O)C[C@@H]1O. The molecule has 0 aromatic rings. The van der Waals surface area contributed by atoms with Crippen LogP contribution in [-0.4, -0.2) is 35.2 Å². The minimum atomic E-state index is -0.625. The van der Waals surface area contributed by atoms with Crippen molar-refractivity contribution >= 4 is 5.71 Å². The third kappa shape index (κ3) is 5.69. The van der Waals surface area contributed by atoms with E-state index in [-0.39, 0.29) is 10.8 Å². The predicted molar refractivity (Wildman–Crippen MR) is 140 cm³/mol. The van der Waals surface area contributed by atoms with Gasteiger partial charge < -0.3 is 10.2 Å². The van der Waals surface area contributed by atoms with Gasteiger partial charge in [-0.1, -0.05) is 76.6 Å². The van der Waals surface area contributed by atoms with E-state index in [0.717, 1.165) is 36.1 Å². The van der Waals surface area contributed by atoms with Gasteiger partial charge in [0, 0.05) is 24.6 Å². The summed E-state index contributed by atoms with van der Waals surface area (Å²) in [5, 5.41) is 20.2. The van der Waals surface area contributed by atoms with Crippen LogP contribution in [0.1, 0.15) is 79.6 Å². The summed E-state index contributed by atoms with van der Waals surface area (Å²) in [4.78, 5) is 4.48. The fourth-order valence-corrected chi connectivity index (χ4v) is 6.25. The van der Waals surface area contributed by atoms with Crippen molar-refractivity contribution in [1.82, 2.24) is 0 Å². The van der Waals surface area contributed by atoms with Crippen LogP contribution in [0, 0.1) is 22.7 Å². The molecule has 33 heavy (non-hydrogen) atoms. The lowest BCUT2D eigenvalue weighted by Gasteiger charge is -2.42. The maximum atomic E-state index is 10.2. The molecule has 3 aliphatic carbocycles. The summed E-state index contributed by atoms with van der Waals surface area (Å²) < 4.78 is 0. The van der Waals surface area contributed by atoms with Crippen LogP contribution in [0.3, 0.4) is 0 Å². The monoisotopic (exact) mass is 451 g/mol. The van der Waals surface area contributed by atoms with Gasteiger partial charge >= 0.3 is 0 Å². The average Bonchev–Trinajstić information content (AvgIpc) is 3.09. The third-order valence-corrected chi connectivity index (χ3v) is 8.18. The van der Waals surface area contributed by atoms with Gasteiger partial charge in [-0.25, -0.2) is 0 Å². The lowest BCUT2D eigenvalue weighted by atomic mass is 9.62. The molecule has 0 aromatic carbocycles. The molecule has 182 valence electrons. The zero-order chi connectivity index (χ0) is 24.4. The molecule has 0 aliphatic heterocycles. The van der Waals surface area contributed by atoms with Gasteiger partial charge in [-0.15, -0.1) is 0 Å². The first kappa shape index (κ1) is 25.9. The van der Waals surface area contributed by atoms with Crippen molar-refractivity contribution < 1.29 is 10.2 Å². The summed E-state index contributed by atoms with van der Waals surface area (Å²) in [7, 11) is 1.88. The average molecular weight is 452 g/mol. The van der Waals surface area contributed by atoms with E-state index >= 15 is 0 Å². The van der Waals surface area contributed by atoms with Crippen LogP contribution in [0.4, 0.5) is 0 Å². The standard InChI is InChI=1S/C30H45NO2/c1-20(10-8-12-28(31-7)29(3,4)5)25-15-16-26-22(11-9-17-30(25,26)6)13-14-23-18-24(32)19-27(33)21(23)2/h8,12-15,20,24,26-27,32-33H,2,9-11,16-19H2,1,3-7H3/b12-8+,22-13+,23-14-,31-28?/t20-,24+,26-,27-,30+/m0/s1. The Labute approximate surface area is 201 Å². The van der Waals surface area contributed by atoms with Crippen molar-refractivity contribution in [2.75, 3.05) is 7.05 Å². The summed E-state index contributed by atoms with van der Waals surface area (Å²) in [5.41, 5.74) is 6.35. The van der Waals surface area contributed by atoms with Crippen LogP contribution in [0.5, 0.6) is 0 Å². The van der Waals surface area contributed by atoms with E-state index in [9.17, 15) is 10.2 Å². The highest BCUT2D eigenvalue weighted by molar-refractivity contribution is 5.98. The molecule has 0 amide bonds. The molecule has 2 fully saturated rings. The molecule has 3 heteroatoms. The first-order valence-corrected chi connectivity index (χ1v) is 12.8. The van der Waals surface area contributed by atoms with Gasteiger partial charge in [-0.3, -0.25) is 4.99 Å². The lowest BCUT2D eigenvalue weighted by molar-refractivity contribution is 0.0862. The van der Waals surface area contributed by atoms with Gasteiger partial charge in [0.1, 0.15) is 0 Å². The molecule has 3 nitrogen and oxygen atoms in total. The number of hydrogen-bond acceptors (Lipinski definition) is 3. The fourth-order valence-electron chi connectivity index (χ4n) is 6.25. The van der Waals surface area contributed by atoms with Crippen LogP contribution < -0.4 is 0 Å². The molecule has 0 saturated heterocycles. The van der Waals surface area contributed by atoms with E-state index in [2.05, 4.69) is 76.6 Å². The maximum Gasteiger partial charge on any atom is 0.0811 e.